The van der Waals surface area contributed by atoms with Gasteiger partial charge in [-0.1, -0.05) is 0 Å². The minimum Gasteiger partial charge on any atom is -0.316 e. The van der Waals surface area contributed by atoms with Crippen molar-refractivity contribution in [2.24, 2.45) is 5.92 Å². The second-order valence-electron chi connectivity index (χ2n) is 4.37. The molecule has 0 spiro atoms. The third-order valence-electron chi connectivity index (χ3n) is 2.95. The first-order valence-electron chi connectivity index (χ1n) is 5.78. The summed E-state index contributed by atoms with van der Waals surface area (Å²) in [6.45, 7) is 1.99. The zero-order valence-corrected chi connectivity index (χ0v) is 10.9. The monoisotopic (exact) mass is 283 g/mol. The van der Waals surface area contributed by atoms with Crippen LogP contribution >= 0.6 is 11.8 Å². The quantitative estimate of drug-likeness (QED) is 0.633. The first kappa shape index (κ1) is 13.8. The van der Waals surface area contributed by atoms with Gasteiger partial charge in [-0.05, 0) is 30.8 Å². The van der Waals surface area contributed by atoms with E-state index >= 15 is 0 Å². The zero-order valence-electron chi connectivity index (χ0n) is 10.1. The lowest BCUT2D eigenvalue weighted by molar-refractivity contribution is -0.394. The van der Waals surface area contributed by atoms with E-state index in [4.69, 9.17) is 0 Å². The van der Waals surface area contributed by atoms with E-state index in [1.165, 1.54) is 12.1 Å². The Bertz CT molecular complexity index is 505. The molecule has 19 heavy (non-hydrogen) atoms. The molecule has 0 aromatic heterocycles. The molecule has 0 saturated carbocycles. The number of nitrogens with zero attached hydrogens (tertiary/aromatic N) is 2. The summed E-state index contributed by atoms with van der Waals surface area (Å²) >= 11 is 1.62. The maximum atomic E-state index is 10.9. The predicted molar refractivity (Wildman–Crippen MR) is 72.3 cm³/mol. The second kappa shape index (κ2) is 5.98. The van der Waals surface area contributed by atoms with Crippen LogP contribution in [0.3, 0.4) is 0 Å². The molecule has 1 aromatic carbocycles. The maximum absolute atomic E-state index is 10.9. The molecule has 0 amide bonds. The van der Waals surface area contributed by atoms with Gasteiger partial charge in [-0.15, -0.1) is 0 Å². The molecule has 1 aromatic rings. The molecule has 1 saturated heterocycles. The molecule has 1 aliphatic rings. The Morgan fingerprint density at radius 3 is 2.53 bits per heavy atom. The number of nitrogens with one attached hydrogen (secondary N) is 1. The number of thioether (sulfide) groups is 1. The van der Waals surface area contributed by atoms with Crippen molar-refractivity contribution in [3.8, 4) is 0 Å². The van der Waals surface area contributed by atoms with Gasteiger partial charge in [0.15, 0.2) is 0 Å². The van der Waals surface area contributed by atoms with E-state index < -0.39 is 9.85 Å². The average molecular weight is 283 g/mol. The Labute approximate surface area is 113 Å². The van der Waals surface area contributed by atoms with Crippen molar-refractivity contribution in [1.82, 2.24) is 5.32 Å². The summed E-state index contributed by atoms with van der Waals surface area (Å²) in [6.07, 6.45) is 0. The van der Waals surface area contributed by atoms with Crippen molar-refractivity contribution in [3.05, 3.63) is 44.0 Å². The summed E-state index contributed by atoms with van der Waals surface area (Å²) in [5, 5.41) is 24.7. The third-order valence-corrected chi connectivity index (χ3v) is 4.18. The Hall–Kier alpha value is -1.67. The first-order valence-corrected chi connectivity index (χ1v) is 6.93. The van der Waals surface area contributed by atoms with Crippen LogP contribution in [0.1, 0.15) is 5.56 Å². The predicted octanol–water partition coefficient (Wildman–Crippen LogP) is 1.96. The highest BCUT2D eigenvalue weighted by Crippen LogP contribution is 2.28. The number of nitro groups is 2. The van der Waals surface area contributed by atoms with Gasteiger partial charge in [0.25, 0.3) is 11.4 Å². The van der Waals surface area contributed by atoms with E-state index in [2.05, 4.69) is 5.32 Å². The van der Waals surface area contributed by atoms with Gasteiger partial charge in [0.05, 0.1) is 15.9 Å². The van der Waals surface area contributed by atoms with Crippen molar-refractivity contribution in [2.45, 2.75) is 5.75 Å². The molecule has 1 N–H and O–H groups in total. The number of hydrogen-bond donors (Lipinski definition) is 1. The average Bonchev–Trinajstić information content (AvgIpc) is 2.32. The van der Waals surface area contributed by atoms with Gasteiger partial charge >= 0.3 is 0 Å². The van der Waals surface area contributed by atoms with E-state index in [0.29, 0.717) is 17.2 Å². The fourth-order valence-corrected chi connectivity index (χ4v) is 2.91. The van der Waals surface area contributed by atoms with Crippen LogP contribution in [0.5, 0.6) is 0 Å². The molecular weight excluding hydrogens is 270 g/mol. The van der Waals surface area contributed by atoms with E-state index in [1.807, 2.05) is 0 Å². The number of nitro benzene ring substituents is 2. The van der Waals surface area contributed by atoms with E-state index in [0.717, 1.165) is 24.9 Å². The molecule has 0 atom stereocenters. The smallest absolute Gasteiger partial charge is 0.280 e. The van der Waals surface area contributed by atoms with Gasteiger partial charge < -0.3 is 5.32 Å². The highest BCUT2D eigenvalue weighted by molar-refractivity contribution is 7.98. The van der Waals surface area contributed by atoms with Gasteiger partial charge in [-0.25, -0.2) is 0 Å². The third kappa shape index (κ3) is 3.42. The summed E-state index contributed by atoms with van der Waals surface area (Å²) in [6, 6.07) is 3.82. The topological polar surface area (TPSA) is 98.3 Å². The summed E-state index contributed by atoms with van der Waals surface area (Å²) in [4.78, 5) is 20.3. The lowest BCUT2D eigenvalue weighted by atomic mass is 10.1. The van der Waals surface area contributed by atoms with E-state index in [1.54, 1.807) is 11.8 Å². The first-order chi connectivity index (χ1) is 9.08. The number of hydrogen-bond acceptors (Lipinski definition) is 6. The Kier molecular flexibility index (Phi) is 4.33. The molecule has 1 fully saturated rings. The summed E-state index contributed by atoms with van der Waals surface area (Å²) < 4.78 is 0. The highest BCUT2D eigenvalue weighted by Gasteiger charge is 2.20. The molecule has 102 valence electrons. The SMILES string of the molecule is O=[N+]([O-])c1ccc(CSCC2CNC2)c([N+](=O)[O-])c1. The lowest BCUT2D eigenvalue weighted by Crippen LogP contribution is -2.43. The van der Waals surface area contributed by atoms with Crippen LogP contribution in [-0.4, -0.2) is 28.7 Å². The molecule has 0 aliphatic carbocycles. The van der Waals surface area contributed by atoms with Crippen LogP contribution in [0.2, 0.25) is 0 Å². The van der Waals surface area contributed by atoms with Gasteiger partial charge in [0.2, 0.25) is 0 Å². The minimum absolute atomic E-state index is 0.173. The molecule has 0 bridgehead atoms. The van der Waals surface area contributed by atoms with Crippen molar-refractivity contribution in [1.29, 1.82) is 0 Å². The number of benzene rings is 1. The van der Waals surface area contributed by atoms with Crippen LogP contribution in [0.15, 0.2) is 18.2 Å². The molecular formula is C11H13N3O4S. The molecule has 8 heteroatoms. The van der Waals surface area contributed by atoms with Crippen LogP contribution in [0.25, 0.3) is 0 Å². The van der Waals surface area contributed by atoms with E-state index in [9.17, 15) is 20.2 Å². The van der Waals surface area contributed by atoms with Gasteiger partial charge in [0.1, 0.15) is 0 Å². The molecule has 0 unspecified atom stereocenters. The van der Waals surface area contributed by atoms with Crippen LogP contribution in [-0.2, 0) is 5.75 Å². The maximum Gasteiger partial charge on any atom is 0.280 e. The molecule has 1 heterocycles. The fraction of sp³-hybridized carbons (Fsp3) is 0.455. The fourth-order valence-electron chi connectivity index (χ4n) is 1.76. The number of rotatable bonds is 6. The van der Waals surface area contributed by atoms with Crippen molar-refractivity contribution < 1.29 is 9.85 Å². The summed E-state index contributed by atoms with van der Waals surface area (Å²) in [5.74, 6) is 2.08. The molecule has 7 nitrogen and oxygen atoms in total. The van der Waals surface area contributed by atoms with Gasteiger partial charge in [-0.3, -0.25) is 20.2 Å². The highest BCUT2D eigenvalue weighted by atomic mass is 32.2. The molecule has 2 rings (SSSR count). The van der Waals surface area contributed by atoms with Gasteiger partial charge in [-0.2, -0.15) is 11.8 Å². The Morgan fingerprint density at radius 1 is 1.26 bits per heavy atom. The minimum atomic E-state index is -0.621. The van der Waals surface area contributed by atoms with Crippen LogP contribution in [0, 0.1) is 26.1 Å². The van der Waals surface area contributed by atoms with Crippen LogP contribution < -0.4 is 5.32 Å². The molecule has 1 aliphatic heterocycles. The Balaban J connectivity index is 2.05. The van der Waals surface area contributed by atoms with Crippen LogP contribution in [0.4, 0.5) is 11.4 Å². The zero-order chi connectivity index (χ0) is 13.8. The number of non-ortho nitro benzene ring substituents is 1. The Morgan fingerprint density at radius 2 is 2.00 bits per heavy atom. The lowest BCUT2D eigenvalue weighted by Gasteiger charge is -2.26. The summed E-state index contributed by atoms with van der Waals surface area (Å²) in [5.41, 5.74) is 0.116. The van der Waals surface area contributed by atoms with Gasteiger partial charge in [0, 0.05) is 17.4 Å². The largest absolute Gasteiger partial charge is 0.316 e. The van der Waals surface area contributed by atoms with Crippen molar-refractivity contribution in [3.63, 3.8) is 0 Å². The van der Waals surface area contributed by atoms with Crippen molar-refractivity contribution in [2.75, 3.05) is 18.8 Å². The summed E-state index contributed by atoms with van der Waals surface area (Å²) in [7, 11) is 0. The normalized spacial score (nSPS) is 14.9. The standard InChI is InChI=1S/C11H13N3O4S/c15-13(16)10-2-1-9(11(3-10)14(17)18)7-19-6-8-4-12-5-8/h1-3,8,12H,4-7H2. The molecule has 0 radical (unpaired) electrons. The van der Waals surface area contributed by atoms with E-state index in [-0.39, 0.29) is 11.4 Å². The second-order valence-corrected chi connectivity index (χ2v) is 5.40. The van der Waals surface area contributed by atoms with Crippen molar-refractivity contribution >= 4 is 23.1 Å².